The maximum Gasteiger partial charge on any atom is 0.226 e. The van der Waals surface area contributed by atoms with Gasteiger partial charge < -0.3 is 4.90 Å². The number of carbonyl (C=O) groups is 1. The van der Waals surface area contributed by atoms with Crippen LogP contribution in [0.15, 0.2) is 85.1 Å². The van der Waals surface area contributed by atoms with Crippen LogP contribution in [0.5, 0.6) is 0 Å². The standard InChI is InChI=1S/C23H22N2O/c1-25(23(26)20-16-19(20)17-10-4-2-5-11-17)22(18-12-6-3-7-13-18)21-14-8-9-15-24-21/h2-15,19-20,22H,16H2,1H3/t19-,20-,22-/m1/s1. The molecule has 1 saturated carbocycles. The highest BCUT2D eigenvalue weighted by atomic mass is 16.2. The second kappa shape index (κ2) is 7.12. The van der Waals surface area contributed by atoms with E-state index in [0.717, 1.165) is 17.7 Å². The van der Waals surface area contributed by atoms with E-state index in [4.69, 9.17) is 0 Å². The van der Waals surface area contributed by atoms with E-state index in [2.05, 4.69) is 29.2 Å². The van der Waals surface area contributed by atoms with Gasteiger partial charge in [0, 0.05) is 19.2 Å². The number of carbonyl (C=O) groups excluding carboxylic acids is 1. The Morgan fingerprint density at radius 3 is 2.27 bits per heavy atom. The molecule has 4 rings (SSSR count). The van der Waals surface area contributed by atoms with E-state index in [1.807, 2.05) is 66.5 Å². The van der Waals surface area contributed by atoms with E-state index >= 15 is 0 Å². The monoisotopic (exact) mass is 342 g/mol. The Balaban J connectivity index is 1.59. The van der Waals surface area contributed by atoms with Crippen LogP contribution in [0.1, 0.15) is 35.2 Å². The maximum absolute atomic E-state index is 13.2. The Labute approximate surface area is 154 Å². The molecule has 130 valence electrons. The van der Waals surface area contributed by atoms with Crippen molar-refractivity contribution in [2.24, 2.45) is 5.92 Å². The number of benzene rings is 2. The van der Waals surface area contributed by atoms with Gasteiger partial charge in [-0.25, -0.2) is 0 Å². The van der Waals surface area contributed by atoms with Gasteiger partial charge in [-0.15, -0.1) is 0 Å². The second-order valence-electron chi connectivity index (χ2n) is 6.88. The summed E-state index contributed by atoms with van der Waals surface area (Å²) in [5, 5.41) is 0. The van der Waals surface area contributed by atoms with Crippen LogP contribution in [0.4, 0.5) is 0 Å². The quantitative estimate of drug-likeness (QED) is 0.687. The van der Waals surface area contributed by atoms with Crippen molar-refractivity contribution < 1.29 is 4.79 Å². The largest absolute Gasteiger partial charge is 0.333 e. The highest BCUT2D eigenvalue weighted by Gasteiger charge is 2.46. The number of amides is 1. The van der Waals surface area contributed by atoms with Crippen molar-refractivity contribution in [1.29, 1.82) is 0 Å². The zero-order valence-corrected chi connectivity index (χ0v) is 14.8. The summed E-state index contributed by atoms with van der Waals surface area (Å²) in [6, 6.07) is 26.2. The Hall–Kier alpha value is -2.94. The molecule has 0 radical (unpaired) electrons. The smallest absolute Gasteiger partial charge is 0.226 e. The lowest BCUT2D eigenvalue weighted by atomic mass is 10.0. The topological polar surface area (TPSA) is 33.2 Å². The highest BCUT2D eigenvalue weighted by Crippen LogP contribution is 2.49. The van der Waals surface area contributed by atoms with E-state index in [1.54, 1.807) is 6.20 Å². The Morgan fingerprint density at radius 1 is 0.962 bits per heavy atom. The molecule has 3 heteroatoms. The summed E-state index contributed by atoms with van der Waals surface area (Å²) in [6.07, 6.45) is 2.71. The first-order valence-electron chi connectivity index (χ1n) is 9.03. The van der Waals surface area contributed by atoms with E-state index in [1.165, 1.54) is 5.56 Å². The van der Waals surface area contributed by atoms with Gasteiger partial charge in [-0.1, -0.05) is 66.7 Å². The number of hydrogen-bond acceptors (Lipinski definition) is 2. The first-order chi connectivity index (χ1) is 12.8. The van der Waals surface area contributed by atoms with Gasteiger partial charge in [-0.2, -0.15) is 0 Å². The van der Waals surface area contributed by atoms with Crippen molar-refractivity contribution in [3.63, 3.8) is 0 Å². The molecule has 0 aliphatic heterocycles. The molecule has 1 amide bonds. The number of aromatic nitrogens is 1. The molecule has 0 saturated heterocycles. The van der Waals surface area contributed by atoms with Gasteiger partial charge in [0.15, 0.2) is 0 Å². The van der Waals surface area contributed by atoms with Crippen molar-refractivity contribution in [2.75, 3.05) is 7.05 Å². The molecule has 26 heavy (non-hydrogen) atoms. The van der Waals surface area contributed by atoms with Gasteiger partial charge >= 0.3 is 0 Å². The molecule has 2 aromatic carbocycles. The zero-order chi connectivity index (χ0) is 17.9. The lowest BCUT2D eigenvalue weighted by Crippen LogP contribution is -2.33. The van der Waals surface area contributed by atoms with E-state index in [-0.39, 0.29) is 17.9 Å². The summed E-state index contributed by atoms with van der Waals surface area (Å²) in [5.74, 6) is 0.599. The third kappa shape index (κ3) is 3.25. The minimum atomic E-state index is -0.165. The summed E-state index contributed by atoms with van der Waals surface area (Å²) >= 11 is 0. The summed E-state index contributed by atoms with van der Waals surface area (Å²) in [7, 11) is 1.90. The van der Waals surface area contributed by atoms with Crippen LogP contribution in [-0.4, -0.2) is 22.8 Å². The van der Waals surface area contributed by atoms with Crippen LogP contribution < -0.4 is 0 Å². The van der Waals surface area contributed by atoms with Gasteiger partial charge in [-0.3, -0.25) is 9.78 Å². The van der Waals surface area contributed by atoms with Crippen molar-refractivity contribution in [1.82, 2.24) is 9.88 Å². The fourth-order valence-corrected chi connectivity index (χ4v) is 3.69. The summed E-state index contributed by atoms with van der Waals surface area (Å²) < 4.78 is 0. The molecule has 0 bridgehead atoms. The Kier molecular flexibility index (Phi) is 4.53. The van der Waals surface area contributed by atoms with Crippen LogP contribution in [0, 0.1) is 5.92 Å². The summed E-state index contributed by atoms with van der Waals surface area (Å²) in [4.78, 5) is 19.6. The first-order valence-corrected chi connectivity index (χ1v) is 9.03. The predicted octanol–water partition coefficient (Wildman–Crippen LogP) is 4.43. The highest BCUT2D eigenvalue weighted by molar-refractivity contribution is 5.83. The number of pyridine rings is 1. The average Bonchev–Trinajstić information content (AvgIpc) is 3.51. The number of hydrogen-bond donors (Lipinski definition) is 0. The third-order valence-electron chi connectivity index (χ3n) is 5.15. The van der Waals surface area contributed by atoms with Crippen LogP contribution in [0.25, 0.3) is 0 Å². The van der Waals surface area contributed by atoms with Gasteiger partial charge in [-0.05, 0) is 35.6 Å². The van der Waals surface area contributed by atoms with Crippen LogP contribution in [0.3, 0.4) is 0 Å². The Bertz CT molecular complexity index is 825. The average molecular weight is 342 g/mol. The van der Waals surface area contributed by atoms with Crippen molar-refractivity contribution in [3.05, 3.63) is 102 Å². The van der Waals surface area contributed by atoms with E-state index in [0.29, 0.717) is 5.92 Å². The van der Waals surface area contributed by atoms with Gasteiger partial charge in [0.2, 0.25) is 5.91 Å². The SMILES string of the molecule is CN(C(=O)[C@@H]1C[C@@H]1c1ccccc1)[C@H](c1ccccc1)c1ccccn1. The fourth-order valence-electron chi connectivity index (χ4n) is 3.69. The molecule has 3 nitrogen and oxygen atoms in total. The number of nitrogens with zero attached hydrogens (tertiary/aromatic N) is 2. The van der Waals surface area contributed by atoms with E-state index in [9.17, 15) is 4.79 Å². The minimum absolute atomic E-state index is 0.0670. The van der Waals surface area contributed by atoms with Crippen LogP contribution >= 0.6 is 0 Å². The lowest BCUT2D eigenvalue weighted by molar-refractivity contribution is -0.133. The summed E-state index contributed by atoms with van der Waals surface area (Å²) in [6.45, 7) is 0. The van der Waals surface area contributed by atoms with Crippen LogP contribution in [-0.2, 0) is 4.79 Å². The third-order valence-corrected chi connectivity index (χ3v) is 5.15. The van der Waals surface area contributed by atoms with Gasteiger partial charge in [0.25, 0.3) is 0 Å². The van der Waals surface area contributed by atoms with E-state index < -0.39 is 0 Å². The molecule has 1 heterocycles. The normalized spacial score (nSPS) is 19.6. The van der Waals surface area contributed by atoms with Crippen molar-refractivity contribution >= 4 is 5.91 Å². The molecule has 0 N–H and O–H groups in total. The molecule has 3 aromatic rings. The van der Waals surface area contributed by atoms with Crippen molar-refractivity contribution in [2.45, 2.75) is 18.4 Å². The van der Waals surface area contributed by atoms with Crippen molar-refractivity contribution in [3.8, 4) is 0 Å². The molecular weight excluding hydrogens is 320 g/mol. The molecule has 0 spiro atoms. The molecule has 1 fully saturated rings. The molecule has 1 aliphatic carbocycles. The maximum atomic E-state index is 13.2. The first kappa shape index (κ1) is 16.5. The molecule has 1 aromatic heterocycles. The molecular formula is C23H22N2O. The fraction of sp³-hybridized carbons (Fsp3) is 0.217. The van der Waals surface area contributed by atoms with Gasteiger partial charge in [0.05, 0.1) is 11.7 Å². The zero-order valence-electron chi connectivity index (χ0n) is 14.8. The number of rotatable bonds is 5. The minimum Gasteiger partial charge on any atom is -0.333 e. The van der Waals surface area contributed by atoms with Crippen LogP contribution in [0.2, 0.25) is 0 Å². The second-order valence-corrected chi connectivity index (χ2v) is 6.88. The lowest BCUT2D eigenvalue weighted by Gasteiger charge is -2.28. The molecule has 3 atom stereocenters. The molecule has 1 aliphatic rings. The molecule has 0 unspecified atom stereocenters. The summed E-state index contributed by atoms with van der Waals surface area (Å²) in [5.41, 5.74) is 3.23. The van der Waals surface area contributed by atoms with Gasteiger partial charge in [0.1, 0.15) is 0 Å². The Morgan fingerprint density at radius 2 is 1.62 bits per heavy atom. The predicted molar refractivity (Wildman–Crippen MR) is 103 cm³/mol.